The van der Waals surface area contributed by atoms with Crippen LogP contribution in [0, 0.1) is 5.92 Å². The fourth-order valence-corrected chi connectivity index (χ4v) is 3.59. The van der Waals surface area contributed by atoms with E-state index in [0.717, 1.165) is 34.2 Å². The quantitative estimate of drug-likeness (QED) is 0.666. The number of aliphatic hydroxyl groups excluding tert-OH is 1. The molecule has 1 aliphatic carbocycles. The Balaban J connectivity index is 1.86. The maximum Gasteiger partial charge on any atom is 0.118 e. The van der Waals surface area contributed by atoms with Crippen molar-refractivity contribution in [2.24, 2.45) is 5.92 Å². The summed E-state index contributed by atoms with van der Waals surface area (Å²) < 4.78 is 6.28. The lowest BCUT2D eigenvalue weighted by Crippen LogP contribution is -2.15. The van der Waals surface area contributed by atoms with E-state index in [4.69, 9.17) is 4.74 Å². The van der Waals surface area contributed by atoms with Gasteiger partial charge in [0.25, 0.3) is 0 Å². The van der Waals surface area contributed by atoms with Gasteiger partial charge in [-0.25, -0.2) is 0 Å². The molecule has 3 unspecified atom stereocenters. The fourth-order valence-electron chi connectivity index (χ4n) is 3.32. The lowest BCUT2D eigenvalue weighted by atomic mass is 9.80. The van der Waals surface area contributed by atoms with Crippen molar-refractivity contribution >= 4 is 15.9 Å². The summed E-state index contributed by atoms with van der Waals surface area (Å²) in [6, 6.07) is 16.0. The van der Waals surface area contributed by atoms with Crippen LogP contribution in [0.15, 0.2) is 77.3 Å². The molecule has 0 heterocycles. The Labute approximate surface area is 158 Å². The van der Waals surface area contributed by atoms with Gasteiger partial charge in [-0.15, -0.1) is 0 Å². The third kappa shape index (κ3) is 4.62. The Morgan fingerprint density at radius 1 is 1.04 bits per heavy atom. The van der Waals surface area contributed by atoms with Crippen LogP contribution in [0.1, 0.15) is 36.0 Å². The van der Waals surface area contributed by atoms with E-state index in [-0.39, 0.29) is 5.92 Å². The number of benzene rings is 2. The van der Waals surface area contributed by atoms with E-state index in [1.165, 1.54) is 0 Å². The van der Waals surface area contributed by atoms with Crippen molar-refractivity contribution in [2.45, 2.75) is 24.9 Å². The number of ether oxygens (including phenoxy) is 1. The molecule has 3 heteroatoms. The molecule has 1 N–H and O–H groups in total. The summed E-state index contributed by atoms with van der Waals surface area (Å²) in [6.45, 7) is 0. The van der Waals surface area contributed by atoms with E-state index >= 15 is 0 Å². The van der Waals surface area contributed by atoms with Gasteiger partial charge in [0.2, 0.25) is 0 Å². The zero-order chi connectivity index (χ0) is 17.6. The van der Waals surface area contributed by atoms with Crippen LogP contribution in [-0.2, 0) is 0 Å². The molecule has 0 aromatic heterocycles. The molecule has 0 bridgehead atoms. The number of methoxy groups -OCH3 is 1. The topological polar surface area (TPSA) is 29.5 Å². The normalized spacial score (nSPS) is 18.8. The second-order valence-electron chi connectivity index (χ2n) is 6.42. The van der Waals surface area contributed by atoms with Crippen molar-refractivity contribution in [2.75, 3.05) is 7.11 Å². The molecule has 0 fully saturated rings. The number of hydrogen-bond acceptors (Lipinski definition) is 2. The van der Waals surface area contributed by atoms with E-state index in [1.807, 2.05) is 36.4 Å². The minimum atomic E-state index is -0.550. The third-order valence-electron chi connectivity index (χ3n) is 4.76. The molecule has 3 rings (SSSR count). The third-order valence-corrected chi connectivity index (χ3v) is 5.29. The van der Waals surface area contributed by atoms with Gasteiger partial charge in [0.1, 0.15) is 5.75 Å². The van der Waals surface area contributed by atoms with Crippen LogP contribution in [-0.4, -0.2) is 12.2 Å². The average Bonchev–Trinajstić information content (AvgIpc) is 2.67. The van der Waals surface area contributed by atoms with Crippen LogP contribution in [0.5, 0.6) is 5.75 Å². The minimum Gasteiger partial charge on any atom is -0.497 e. The van der Waals surface area contributed by atoms with Gasteiger partial charge < -0.3 is 9.84 Å². The number of aliphatic hydroxyl groups is 1. The maximum atomic E-state index is 11.1. The number of allylic oxidation sites excluding steroid dienone is 4. The van der Waals surface area contributed by atoms with E-state index < -0.39 is 6.10 Å². The second-order valence-corrected chi connectivity index (χ2v) is 7.34. The predicted molar refractivity (Wildman–Crippen MR) is 106 cm³/mol. The van der Waals surface area contributed by atoms with Crippen molar-refractivity contribution in [1.82, 2.24) is 0 Å². The number of rotatable bonds is 6. The second kappa shape index (κ2) is 8.50. The first-order chi connectivity index (χ1) is 12.2. The SMILES string of the molecule is COc1ccc(C(O)C(CC2C=CC=CC2)c2ccc(Br)cc2)cc1. The van der Waals surface area contributed by atoms with Crippen molar-refractivity contribution < 1.29 is 9.84 Å². The van der Waals surface area contributed by atoms with Gasteiger partial charge >= 0.3 is 0 Å². The van der Waals surface area contributed by atoms with E-state index in [9.17, 15) is 5.11 Å². The molecule has 0 saturated heterocycles. The summed E-state index contributed by atoms with van der Waals surface area (Å²) in [5.41, 5.74) is 2.08. The molecular formula is C22H23BrO2. The Hall–Kier alpha value is -1.84. The minimum absolute atomic E-state index is 0.0441. The molecule has 0 radical (unpaired) electrons. The molecule has 0 spiro atoms. The summed E-state index contributed by atoms with van der Waals surface area (Å²) in [5, 5.41) is 11.1. The van der Waals surface area contributed by atoms with Gasteiger partial charge in [-0.2, -0.15) is 0 Å². The smallest absolute Gasteiger partial charge is 0.118 e. The van der Waals surface area contributed by atoms with Crippen LogP contribution in [0.3, 0.4) is 0 Å². The highest BCUT2D eigenvalue weighted by Gasteiger charge is 2.25. The first-order valence-corrected chi connectivity index (χ1v) is 9.37. The van der Waals surface area contributed by atoms with Crippen LogP contribution in [0.25, 0.3) is 0 Å². The molecule has 0 amide bonds. The Bertz CT molecular complexity index is 732. The lowest BCUT2D eigenvalue weighted by molar-refractivity contribution is 0.134. The summed E-state index contributed by atoms with van der Waals surface area (Å²) in [6.07, 6.45) is 10.0. The van der Waals surface area contributed by atoms with Gasteiger partial charge in [0, 0.05) is 10.4 Å². The molecule has 3 atom stereocenters. The van der Waals surface area contributed by atoms with Gasteiger partial charge in [0.15, 0.2) is 0 Å². The summed E-state index contributed by atoms with van der Waals surface area (Å²) >= 11 is 3.49. The van der Waals surface area contributed by atoms with Crippen molar-refractivity contribution in [3.8, 4) is 5.75 Å². The monoisotopic (exact) mass is 398 g/mol. The maximum absolute atomic E-state index is 11.1. The lowest BCUT2D eigenvalue weighted by Gasteiger charge is -2.27. The molecule has 2 aromatic rings. The number of halogens is 1. The standard InChI is InChI=1S/C22H23BrO2/c1-25-20-13-9-18(10-14-20)22(24)21(15-16-5-3-2-4-6-16)17-7-11-19(23)12-8-17/h2-5,7-14,16,21-22,24H,6,15H2,1H3. The Kier molecular flexibility index (Phi) is 6.11. The summed E-state index contributed by atoms with van der Waals surface area (Å²) in [5.74, 6) is 1.30. The van der Waals surface area contributed by atoms with Gasteiger partial charge in [0.05, 0.1) is 13.2 Å². The van der Waals surface area contributed by atoms with E-state index in [1.54, 1.807) is 7.11 Å². The Morgan fingerprint density at radius 2 is 1.72 bits per heavy atom. The zero-order valence-electron chi connectivity index (χ0n) is 14.3. The first-order valence-electron chi connectivity index (χ1n) is 8.58. The highest BCUT2D eigenvalue weighted by molar-refractivity contribution is 9.10. The van der Waals surface area contributed by atoms with Crippen LogP contribution in [0.4, 0.5) is 0 Å². The molecule has 0 aliphatic heterocycles. The zero-order valence-corrected chi connectivity index (χ0v) is 15.9. The van der Waals surface area contributed by atoms with Crippen LogP contribution >= 0.6 is 15.9 Å². The molecular weight excluding hydrogens is 376 g/mol. The largest absolute Gasteiger partial charge is 0.497 e. The molecule has 25 heavy (non-hydrogen) atoms. The molecule has 2 nitrogen and oxygen atoms in total. The van der Waals surface area contributed by atoms with Crippen molar-refractivity contribution in [3.05, 3.63) is 88.4 Å². The predicted octanol–water partition coefficient (Wildman–Crippen LogP) is 5.80. The fraction of sp³-hybridized carbons (Fsp3) is 0.273. The molecule has 130 valence electrons. The van der Waals surface area contributed by atoms with Gasteiger partial charge in [-0.3, -0.25) is 0 Å². The Morgan fingerprint density at radius 3 is 2.32 bits per heavy atom. The summed E-state index contributed by atoms with van der Waals surface area (Å²) in [4.78, 5) is 0. The van der Waals surface area contributed by atoms with Gasteiger partial charge in [-0.05, 0) is 54.2 Å². The van der Waals surface area contributed by atoms with Crippen LogP contribution < -0.4 is 4.74 Å². The molecule has 1 aliphatic rings. The van der Waals surface area contributed by atoms with Crippen molar-refractivity contribution in [3.63, 3.8) is 0 Å². The molecule has 0 saturated carbocycles. The summed E-state index contributed by atoms with van der Waals surface area (Å²) in [7, 11) is 1.65. The van der Waals surface area contributed by atoms with E-state index in [0.29, 0.717) is 5.92 Å². The van der Waals surface area contributed by atoms with Crippen LogP contribution in [0.2, 0.25) is 0 Å². The number of hydrogen-bond donors (Lipinski definition) is 1. The highest BCUT2D eigenvalue weighted by atomic mass is 79.9. The highest BCUT2D eigenvalue weighted by Crippen LogP contribution is 2.38. The van der Waals surface area contributed by atoms with E-state index in [2.05, 4.69) is 52.4 Å². The first kappa shape index (κ1) is 18.0. The molecule has 2 aromatic carbocycles. The average molecular weight is 399 g/mol. The van der Waals surface area contributed by atoms with Gasteiger partial charge in [-0.1, -0.05) is 64.5 Å². The van der Waals surface area contributed by atoms with Crippen molar-refractivity contribution in [1.29, 1.82) is 0 Å².